The Morgan fingerprint density at radius 3 is 3.06 bits per heavy atom. The van der Waals surface area contributed by atoms with Gasteiger partial charge in [-0.05, 0) is 38.4 Å². The van der Waals surface area contributed by atoms with Crippen molar-refractivity contribution in [3.63, 3.8) is 0 Å². The number of pyridine rings is 1. The molecule has 4 heteroatoms. The van der Waals surface area contributed by atoms with E-state index in [4.69, 9.17) is 0 Å². The van der Waals surface area contributed by atoms with Gasteiger partial charge >= 0.3 is 0 Å². The van der Waals surface area contributed by atoms with Gasteiger partial charge in [-0.2, -0.15) is 0 Å². The zero-order valence-corrected chi connectivity index (χ0v) is 9.52. The summed E-state index contributed by atoms with van der Waals surface area (Å²) in [6.45, 7) is 0.794. The number of carbonyl (C=O) groups is 1. The predicted octanol–water partition coefficient (Wildman–Crippen LogP) is 1.19. The molecule has 0 saturated carbocycles. The number of hydrogen-bond acceptors (Lipinski definition) is 3. The second-order valence-electron chi connectivity index (χ2n) is 4.04. The molecule has 0 bridgehead atoms. The summed E-state index contributed by atoms with van der Waals surface area (Å²) in [5, 5.41) is 3.08. The summed E-state index contributed by atoms with van der Waals surface area (Å²) >= 11 is 0. The van der Waals surface area contributed by atoms with Gasteiger partial charge < -0.3 is 10.2 Å². The van der Waals surface area contributed by atoms with Crippen LogP contribution < -0.4 is 10.2 Å². The van der Waals surface area contributed by atoms with E-state index in [1.807, 2.05) is 24.1 Å². The van der Waals surface area contributed by atoms with Gasteiger partial charge in [0, 0.05) is 12.7 Å². The van der Waals surface area contributed by atoms with Crippen LogP contribution in [-0.4, -0.2) is 30.5 Å². The zero-order valence-electron chi connectivity index (χ0n) is 9.52. The highest BCUT2D eigenvalue weighted by Gasteiger charge is 2.26. The molecule has 0 aliphatic carbocycles. The normalized spacial score (nSPS) is 21.9. The first kappa shape index (κ1) is 11.1. The molecule has 1 fully saturated rings. The number of hydrogen-bond donors (Lipinski definition) is 1. The number of amides is 1. The largest absolute Gasteiger partial charge is 0.310 e. The van der Waals surface area contributed by atoms with E-state index in [-0.39, 0.29) is 11.9 Å². The molecule has 1 aliphatic heterocycles. The molecule has 0 aromatic carbocycles. The quantitative estimate of drug-likeness (QED) is 0.812. The summed E-state index contributed by atoms with van der Waals surface area (Å²) in [6.07, 6.45) is 6.54. The minimum absolute atomic E-state index is 0.0530. The van der Waals surface area contributed by atoms with Gasteiger partial charge in [0.1, 0.15) is 0 Å². The fourth-order valence-corrected chi connectivity index (χ4v) is 2.08. The summed E-state index contributed by atoms with van der Waals surface area (Å²) in [5.74, 6) is 0.160. The van der Waals surface area contributed by atoms with Gasteiger partial charge in [-0.25, -0.2) is 0 Å². The molecule has 0 radical (unpaired) electrons. The molecule has 1 amide bonds. The van der Waals surface area contributed by atoms with Crippen molar-refractivity contribution in [1.29, 1.82) is 0 Å². The summed E-state index contributed by atoms with van der Waals surface area (Å²) in [6, 6.07) is 3.74. The van der Waals surface area contributed by atoms with Crippen molar-refractivity contribution in [2.75, 3.05) is 18.5 Å². The Kier molecular flexibility index (Phi) is 3.51. The lowest BCUT2D eigenvalue weighted by atomic mass is 10.1. The van der Waals surface area contributed by atoms with Crippen molar-refractivity contribution in [2.24, 2.45) is 0 Å². The molecule has 1 saturated heterocycles. The number of aromatic nitrogens is 1. The van der Waals surface area contributed by atoms with Gasteiger partial charge in [0.25, 0.3) is 0 Å². The minimum Gasteiger partial charge on any atom is -0.310 e. The predicted molar refractivity (Wildman–Crippen MR) is 63.3 cm³/mol. The third-order valence-electron chi connectivity index (χ3n) is 2.99. The molecule has 1 aliphatic rings. The summed E-state index contributed by atoms with van der Waals surface area (Å²) in [4.78, 5) is 18.1. The summed E-state index contributed by atoms with van der Waals surface area (Å²) in [7, 11) is 1.84. The Morgan fingerprint density at radius 1 is 1.50 bits per heavy atom. The molecule has 1 N–H and O–H groups in total. The maximum atomic E-state index is 12.2. The number of anilines is 1. The highest BCUT2D eigenvalue weighted by Crippen LogP contribution is 2.19. The number of likely N-dealkylation sites (N-methyl/N-ethyl adjacent to an activating group) is 1. The average Bonchev–Trinajstić information content (AvgIpc) is 2.52. The summed E-state index contributed by atoms with van der Waals surface area (Å²) in [5.41, 5.74) is 0.898. The third kappa shape index (κ3) is 2.22. The topological polar surface area (TPSA) is 45.2 Å². The number of rotatable bonds is 2. The highest BCUT2D eigenvalue weighted by atomic mass is 16.2. The monoisotopic (exact) mass is 219 g/mol. The first-order chi connectivity index (χ1) is 7.83. The first-order valence-electron chi connectivity index (χ1n) is 5.71. The van der Waals surface area contributed by atoms with E-state index in [1.54, 1.807) is 12.4 Å². The van der Waals surface area contributed by atoms with E-state index in [0.29, 0.717) is 0 Å². The molecular weight excluding hydrogens is 202 g/mol. The Hall–Kier alpha value is -1.42. The second-order valence-corrected chi connectivity index (χ2v) is 4.04. The molecular formula is C12H17N3O. The summed E-state index contributed by atoms with van der Waals surface area (Å²) < 4.78 is 0. The van der Waals surface area contributed by atoms with E-state index >= 15 is 0 Å². The van der Waals surface area contributed by atoms with Crippen molar-refractivity contribution < 1.29 is 4.79 Å². The van der Waals surface area contributed by atoms with Crippen LogP contribution in [0.2, 0.25) is 0 Å². The molecule has 0 spiro atoms. The van der Waals surface area contributed by atoms with Crippen LogP contribution >= 0.6 is 0 Å². The van der Waals surface area contributed by atoms with Crippen molar-refractivity contribution in [3.8, 4) is 0 Å². The van der Waals surface area contributed by atoms with Crippen LogP contribution in [0.3, 0.4) is 0 Å². The van der Waals surface area contributed by atoms with Crippen molar-refractivity contribution >= 4 is 11.6 Å². The first-order valence-corrected chi connectivity index (χ1v) is 5.71. The lowest BCUT2D eigenvalue weighted by Gasteiger charge is -2.23. The maximum absolute atomic E-state index is 12.2. The van der Waals surface area contributed by atoms with E-state index in [2.05, 4.69) is 10.3 Å². The van der Waals surface area contributed by atoms with Crippen LogP contribution in [0.4, 0.5) is 5.69 Å². The molecule has 1 unspecified atom stereocenters. The smallest absolute Gasteiger partial charge is 0.244 e. The number of carbonyl (C=O) groups excluding carboxylic acids is 1. The standard InChI is InChI=1S/C12H17N3O/c1-13-11-6-2-3-8-15(12(11)16)10-5-4-7-14-9-10/h4-5,7,9,11,13H,2-3,6,8H2,1H3. The second kappa shape index (κ2) is 5.07. The van der Waals surface area contributed by atoms with Crippen LogP contribution in [0.15, 0.2) is 24.5 Å². The van der Waals surface area contributed by atoms with E-state index in [1.165, 1.54) is 0 Å². The fourth-order valence-electron chi connectivity index (χ4n) is 2.08. The molecule has 1 aromatic rings. The highest BCUT2D eigenvalue weighted by molar-refractivity contribution is 5.97. The SMILES string of the molecule is CNC1CCCCN(c2cccnc2)C1=O. The maximum Gasteiger partial charge on any atom is 0.244 e. The Labute approximate surface area is 95.7 Å². The molecule has 2 heterocycles. The Morgan fingerprint density at radius 2 is 2.38 bits per heavy atom. The number of nitrogens with zero attached hydrogens (tertiary/aromatic N) is 2. The molecule has 86 valence electrons. The molecule has 2 rings (SSSR count). The Balaban J connectivity index is 2.22. The van der Waals surface area contributed by atoms with Crippen LogP contribution in [0.25, 0.3) is 0 Å². The molecule has 16 heavy (non-hydrogen) atoms. The number of nitrogens with one attached hydrogen (secondary N) is 1. The lowest BCUT2D eigenvalue weighted by molar-refractivity contribution is -0.120. The Bertz CT molecular complexity index is 353. The lowest BCUT2D eigenvalue weighted by Crippen LogP contribution is -2.44. The van der Waals surface area contributed by atoms with Crippen molar-refractivity contribution in [1.82, 2.24) is 10.3 Å². The third-order valence-corrected chi connectivity index (χ3v) is 2.99. The minimum atomic E-state index is -0.0530. The van der Waals surface area contributed by atoms with E-state index < -0.39 is 0 Å². The van der Waals surface area contributed by atoms with E-state index in [0.717, 1.165) is 31.5 Å². The molecule has 1 aromatic heterocycles. The van der Waals surface area contributed by atoms with Crippen molar-refractivity contribution in [3.05, 3.63) is 24.5 Å². The molecule has 4 nitrogen and oxygen atoms in total. The average molecular weight is 219 g/mol. The zero-order chi connectivity index (χ0) is 11.4. The van der Waals surface area contributed by atoms with Gasteiger partial charge in [-0.3, -0.25) is 9.78 Å². The van der Waals surface area contributed by atoms with Crippen LogP contribution in [0, 0.1) is 0 Å². The van der Waals surface area contributed by atoms with Gasteiger partial charge in [-0.15, -0.1) is 0 Å². The van der Waals surface area contributed by atoms with Crippen LogP contribution in [-0.2, 0) is 4.79 Å². The van der Waals surface area contributed by atoms with E-state index in [9.17, 15) is 4.79 Å². The van der Waals surface area contributed by atoms with Gasteiger partial charge in [0.2, 0.25) is 5.91 Å². The molecule has 1 atom stereocenters. The van der Waals surface area contributed by atoms with Crippen LogP contribution in [0.1, 0.15) is 19.3 Å². The van der Waals surface area contributed by atoms with Crippen LogP contribution in [0.5, 0.6) is 0 Å². The van der Waals surface area contributed by atoms with Crippen molar-refractivity contribution in [2.45, 2.75) is 25.3 Å². The van der Waals surface area contributed by atoms with Gasteiger partial charge in [0.05, 0.1) is 17.9 Å². The van der Waals surface area contributed by atoms with Gasteiger partial charge in [0.15, 0.2) is 0 Å². The fraction of sp³-hybridized carbons (Fsp3) is 0.500. The van der Waals surface area contributed by atoms with Gasteiger partial charge in [-0.1, -0.05) is 0 Å².